The lowest BCUT2D eigenvalue weighted by Crippen LogP contribution is -2.16. The molecular weight excluding hydrogens is 246 g/mol. The molecule has 100 valence electrons. The zero-order chi connectivity index (χ0) is 13.8. The van der Waals surface area contributed by atoms with E-state index in [0.717, 1.165) is 0 Å². The van der Waals surface area contributed by atoms with Gasteiger partial charge in [-0.1, -0.05) is 18.7 Å². The molecule has 0 heterocycles. The SMILES string of the molecule is C=CCOc1cccc(NC(=O)[C@@H]2C[C@H]2C(=O)O)c1. The van der Waals surface area contributed by atoms with Gasteiger partial charge in [-0.3, -0.25) is 9.59 Å². The van der Waals surface area contributed by atoms with Crippen LogP contribution >= 0.6 is 0 Å². The Morgan fingerprint density at radius 1 is 1.47 bits per heavy atom. The quantitative estimate of drug-likeness (QED) is 0.767. The van der Waals surface area contributed by atoms with Crippen LogP contribution in [-0.4, -0.2) is 23.6 Å². The highest BCUT2D eigenvalue weighted by Crippen LogP contribution is 2.39. The number of benzene rings is 1. The summed E-state index contributed by atoms with van der Waals surface area (Å²) in [4.78, 5) is 22.5. The predicted molar refractivity (Wildman–Crippen MR) is 70.0 cm³/mol. The minimum absolute atomic E-state index is 0.256. The molecule has 2 N–H and O–H groups in total. The topological polar surface area (TPSA) is 75.6 Å². The van der Waals surface area contributed by atoms with Crippen LogP contribution in [0.25, 0.3) is 0 Å². The average molecular weight is 261 g/mol. The molecule has 5 heteroatoms. The second-order valence-corrected chi connectivity index (χ2v) is 4.40. The Labute approximate surface area is 110 Å². The van der Waals surface area contributed by atoms with E-state index < -0.39 is 17.8 Å². The van der Waals surface area contributed by atoms with Crippen LogP contribution in [0, 0.1) is 11.8 Å². The lowest BCUT2D eigenvalue weighted by Gasteiger charge is -2.07. The van der Waals surface area contributed by atoms with Gasteiger partial charge in [-0.25, -0.2) is 0 Å². The third kappa shape index (κ3) is 3.34. The number of rotatable bonds is 6. The van der Waals surface area contributed by atoms with Gasteiger partial charge in [-0.2, -0.15) is 0 Å². The van der Waals surface area contributed by atoms with Gasteiger partial charge >= 0.3 is 5.97 Å². The summed E-state index contributed by atoms with van der Waals surface area (Å²) in [6.45, 7) is 3.94. The summed E-state index contributed by atoms with van der Waals surface area (Å²) in [7, 11) is 0. The second-order valence-electron chi connectivity index (χ2n) is 4.40. The zero-order valence-corrected chi connectivity index (χ0v) is 10.3. The predicted octanol–water partition coefficient (Wildman–Crippen LogP) is 1.91. The number of carboxylic acids is 1. The Morgan fingerprint density at radius 2 is 2.26 bits per heavy atom. The lowest BCUT2D eigenvalue weighted by molar-refractivity contribution is -0.139. The molecule has 0 spiro atoms. The molecule has 0 saturated heterocycles. The van der Waals surface area contributed by atoms with E-state index in [-0.39, 0.29) is 5.91 Å². The van der Waals surface area contributed by atoms with E-state index in [4.69, 9.17) is 9.84 Å². The zero-order valence-electron chi connectivity index (χ0n) is 10.3. The van der Waals surface area contributed by atoms with Crippen LogP contribution < -0.4 is 10.1 Å². The number of carbonyl (C=O) groups is 2. The van der Waals surface area contributed by atoms with Gasteiger partial charge < -0.3 is 15.2 Å². The lowest BCUT2D eigenvalue weighted by atomic mass is 10.2. The van der Waals surface area contributed by atoms with Gasteiger partial charge in [0.15, 0.2) is 0 Å². The molecule has 1 aromatic rings. The van der Waals surface area contributed by atoms with Gasteiger partial charge in [0.1, 0.15) is 12.4 Å². The fourth-order valence-electron chi connectivity index (χ4n) is 1.81. The Hall–Kier alpha value is -2.30. The Morgan fingerprint density at radius 3 is 2.89 bits per heavy atom. The van der Waals surface area contributed by atoms with Crippen molar-refractivity contribution in [1.29, 1.82) is 0 Å². The fourth-order valence-corrected chi connectivity index (χ4v) is 1.81. The molecule has 2 rings (SSSR count). The molecule has 5 nitrogen and oxygen atoms in total. The van der Waals surface area contributed by atoms with E-state index in [1.165, 1.54) is 0 Å². The summed E-state index contributed by atoms with van der Waals surface area (Å²) >= 11 is 0. The molecule has 1 aliphatic rings. The Kier molecular flexibility index (Phi) is 3.85. The summed E-state index contributed by atoms with van der Waals surface area (Å²) in [5, 5.41) is 11.5. The highest BCUT2D eigenvalue weighted by atomic mass is 16.5. The first-order valence-electron chi connectivity index (χ1n) is 5.99. The molecule has 19 heavy (non-hydrogen) atoms. The van der Waals surface area contributed by atoms with Gasteiger partial charge in [0.25, 0.3) is 0 Å². The van der Waals surface area contributed by atoms with Crippen LogP contribution in [0.15, 0.2) is 36.9 Å². The maximum absolute atomic E-state index is 11.8. The number of nitrogens with one attached hydrogen (secondary N) is 1. The van der Waals surface area contributed by atoms with Crippen LogP contribution in [0.2, 0.25) is 0 Å². The molecular formula is C14H15NO4. The number of carbonyl (C=O) groups excluding carboxylic acids is 1. The first-order valence-corrected chi connectivity index (χ1v) is 5.99. The van der Waals surface area contributed by atoms with Crippen LogP contribution in [0.4, 0.5) is 5.69 Å². The molecule has 1 aromatic carbocycles. The molecule has 0 aromatic heterocycles. The van der Waals surface area contributed by atoms with Crippen LogP contribution in [-0.2, 0) is 9.59 Å². The van der Waals surface area contributed by atoms with Crippen molar-refractivity contribution in [2.75, 3.05) is 11.9 Å². The number of amides is 1. The van der Waals surface area contributed by atoms with Crippen molar-refractivity contribution in [2.45, 2.75) is 6.42 Å². The smallest absolute Gasteiger partial charge is 0.307 e. The highest BCUT2D eigenvalue weighted by molar-refractivity contribution is 5.98. The molecule has 1 aliphatic carbocycles. The molecule has 1 fully saturated rings. The van der Waals surface area contributed by atoms with E-state index >= 15 is 0 Å². The fraction of sp³-hybridized carbons (Fsp3) is 0.286. The summed E-state index contributed by atoms with van der Waals surface area (Å²) in [6, 6.07) is 6.96. The van der Waals surface area contributed by atoms with E-state index in [9.17, 15) is 9.59 Å². The van der Waals surface area contributed by atoms with E-state index in [2.05, 4.69) is 11.9 Å². The van der Waals surface area contributed by atoms with Crippen LogP contribution in [0.3, 0.4) is 0 Å². The first-order chi connectivity index (χ1) is 9.11. The molecule has 1 amide bonds. The first kappa shape index (κ1) is 13.1. The second kappa shape index (κ2) is 5.56. The summed E-state index contributed by atoms with van der Waals surface area (Å²) in [5.74, 6) is -1.50. The average Bonchev–Trinajstić information content (AvgIpc) is 3.17. The third-order valence-electron chi connectivity index (χ3n) is 2.91. The van der Waals surface area contributed by atoms with Crippen molar-refractivity contribution in [1.82, 2.24) is 0 Å². The minimum atomic E-state index is -0.914. The minimum Gasteiger partial charge on any atom is -0.489 e. The van der Waals surface area contributed by atoms with E-state index in [0.29, 0.717) is 24.5 Å². The number of anilines is 1. The summed E-state index contributed by atoms with van der Waals surface area (Å²) in [5.41, 5.74) is 0.600. The van der Waals surface area contributed by atoms with Gasteiger partial charge in [0.05, 0.1) is 11.8 Å². The molecule has 0 radical (unpaired) electrons. The summed E-state index contributed by atoms with van der Waals surface area (Å²) in [6.07, 6.45) is 2.04. The molecule has 0 aliphatic heterocycles. The molecule has 1 saturated carbocycles. The van der Waals surface area contributed by atoms with Gasteiger partial charge in [-0.15, -0.1) is 0 Å². The van der Waals surface area contributed by atoms with Gasteiger partial charge in [0, 0.05) is 11.8 Å². The van der Waals surface area contributed by atoms with Crippen molar-refractivity contribution < 1.29 is 19.4 Å². The van der Waals surface area contributed by atoms with Crippen molar-refractivity contribution >= 4 is 17.6 Å². The molecule has 0 bridgehead atoms. The monoisotopic (exact) mass is 261 g/mol. The number of hydrogen-bond donors (Lipinski definition) is 2. The molecule has 2 atom stereocenters. The van der Waals surface area contributed by atoms with Crippen molar-refractivity contribution in [3.63, 3.8) is 0 Å². The Bertz CT molecular complexity index is 512. The van der Waals surface area contributed by atoms with Gasteiger partial charge in [0.2, 0.25) is 5.91 Å². The maximum atomic E-state index is 11.8. The third-order valence-corrected chi connectivity index (χ3v) is 2.91. The number of aliphatic carboxylic acids is 1. The largest absolute Gasteiger partial charge is 0.489 e. The normalized spacial score (nSPS) is 20.4. The number of ether oxygens (including phenoxy) is 1. The Balaban J connectivity index is 1.94. The highest BCUT2D eigenvalue weighted by Gasteiger charge is 2.48. The van der Waals surface area contributed by atoms with Crippen molar-refractivity contribution in [2.24, 2.45) is 11.8 Å². The summed E-state index contributed by atoms with van der Waals surface area (Å²) < 4.78 is 5.35. The van der Waals surface area contributed by atoms with Crippen molar-refractivity contribution in [3.05, 3.63) is 36.9 Å². The van der Waals surface area contributed by atoms with E-state index in [1.54, 1.807) is 30.3 Å². The van der Waals surface area contributed by atoms with E-state index in [1.807, 2.05) is 0 Å². The number of hydrogen-bond acceptors (Lipinski definition) is 3. The molecule has 0 unspecified atom stereocenters. The maximum Gasteiger partial charge on any atom is 0.307 e. The van der Waals surface area contributed by atoms with Crippen LogP contribution in [0.5, 0.6) is 5.75 Å². The van der Waals surface area contributed by atoms with Crippen molar-refractivity contribution in [3.8, 4) is 5.75 Å². The standard InChI is InChI=1S/C14H15NO4/c1-2-6-19-10-5-3-4-9(7-10)15-13(16)11-8-12(11)14(17)18/h2-5,7,11-12H,1,6,8H2,(H,15,16)(H,17,18)/t11-,12-/m1/s1. The van der Waals surface area contributed by atoms with Crippen LogP contribution in [0.1, 0.15) is 6.42 Å². The van der Waals surface area contributed by atoms with Gasteiger partial charge in [-0.05, 0) is 18.6 Å². The number of carboxylic acid groups (broad SMARTS) is 1.